The molecule has 0 radical (unpaired) electrons. The van der Waals surface area contributed by atoms with Gasteiger partial charge in [-0.05, 0) is 25.3 Å². The number of rotatable bonds is 8. The van der Waals surface area contributed by atoms with E-state index in [4.69, 9.17) is 9.84 Å². The molecule has 0 saturated heterocycles. The van der Waals surface area contributed by atoms with Crippen LogP contribution in [0, 0.1) is 0 Å². The highest BCUT2D eigenvalue weighted by atomic mass is 16.5. The molecule has 2 aromatic carbocycles. The van der Waals surface area contributed by atoms with Gasteiger partial charge in [0.25, 0.3) is 0 Å². The van der Waals surface area contributed by atoms with Crippen LogP contribution in [0.2, 0.25) is 0 Å². The molecule has 0 fully saturated rings. The van der Waals surface area contributed by atoms with Crippen LogP contribution in [0.25, 0.3) is 10.8 Å². The molecule has 0 spiro atoms. The van der Waals surface area contributed by atoms with Crippen LogP contribution in [0.5, 0.6) is 5.75 Å². The zero-order valence-corrected chi connectivity index (χ0v) is 12.9. The molecule has 114 valence electrons. The molecule has 0 amide bonds. The fraction of sp³-hybridized carbons (Fsp3) is 0.444. The maximum Gasteiger partial charge on any atom is 0.131 e. The Morgan fingerprint density at radius 3 is 2.76 bits per heavy atom. The molecular formula is C18H25NO2. The third kappa shape index (κ3) is 3.96. The molecule has 0 saturated carbocycles. The van der Waals surface area contributed by atoms with Crippen molar-refractivity contribution in [1.29, 1.82) is 0 Å². The average molecular weight is 287 g/mol. The van der Waals surface area contributed by atoms with Crippen molar-refractivity contribution in [3.8, 4) is 5.75 Å². The van der Waals surface area contributed by atoms with Gasteiger partial charge in [-0.25, -0.2) is 0 Å². The summed E-state index contributed by atoms with van der Waals surface area (Å²) < 4.78 is 5.99. The van der Waals surface area contributed by atoms with Gasteiger partial charge in [-0.2, -0.15) is 0 Å². The molecule has 1 unspecified atom stereocenters. The summed E-state index contributed by atoms with van der Waals surface area (Å²) in [6.07, 6.45) is 1.76. The van der Waals surface area contributed by atoms with Gasteiger partial charge in [0, 0.05) is 30.0 Å². The van der Waals surface area contributed by atoms with Gasteiger partial charge < -0.3 is 15.2 Å². The standard InChI is InChI=1S/C18H25NO2/c1-3-11-19-14(2)16-10-9-15-7-4-5-8-17(15)18(16)21-13-6-12-20/h4-5,7-10,14,19-20H,3,6,11-13H2,1-2H3. The Balaban J connectivity index is 2.35. The fourth-order valence-electron chi connectivity index (χ4n) is 2.47. The fourth-order valence-corrected chi connectivity index (χ4v) is 2.47. The van der Waals surface area contributed by atoms with Gasteiger partial charge in [0.1, 0.15) is 5.75 Å². The summed E-state index contributed by atoms with van der Waals surface area (Å²) in [5.41, 5.74) is 1.18. The minimum Gasteiger partial charge on any atom is -0.493 e. The molecule has 3 nitrogen and oxygen atoms in total. The topological polar surface area (TPSA) is 41.5 Å². The number of hydrogen-bond acceptors (Lipinski definition) is 3. The van der Waals surface area contributed by atoms with Gasteiger partial charge in [0.15, 0.2) is 0 Å². The first-order chi connectivity index (χ1) is 10.3. The van der Waals surface area contributed by atoms with E-state index in [0.717, 1.165) is 24.1 Å². The molecule has 0 heterocycles. The second-order valence-corrected chi connectivity index (χ2v) is 5.31. The molecule has 0 aliphatic heterocycles. The molecule has 0 bridgehead atoms. The van der Waals surface area contributed by atoms with Crippen molar-refractivity contribution in [2.45, 2.75) is 32.7 Å². The van der Waals surface area contributed by atoms with E-state index >= 15 is 0 Å². The van der Waals surface area contributed by atoms with Crippen molar-refractivity contribution < 1.29 is 9.84 Å². The minimum atomic E-state index is 0.156. The Morgan fingerprint density at radius 1 is 1.19 bits per heavy atom. The van der Waals surface area contributed by atoms with E-state index < -0.39 is 0 Å². The molecule has 2 aromatic rings. The lowest BCUT2D eigenvalue weighted by atomic mass is 10.0. The van der Waals surface area contributed by atoms with Crippen LogP contribution < -0.4 is 10.1 Å². The van der Waals surface area contributed by atoms with Crippen molar-refractivity contribution in [3.05, 3.63) is 42.0 Å². The number of hydrogen-bond donors (Lipinski definition) is 2. The van der Waals surface area contributed by atoms with Gasteiger partial charge in [0.2, 0.25) is 0 Å². The summed E-state index contributed by atoms with van der Waals surface area (Å²) in [5, 5.41) is 14.8. The molecule has 3 heteroatoms. The lowest BCUT2D eigenvalue weighted by Crippen LogP contribution is -2.20. The van der Waals surface area contributed by atoms with Crippen LogP contribution in [-0.4, -0.2) is 24.9 Å². The van der Waals surface area contributed by atoms with E-state index in [2.05, 4.69) is 43.4 Å². The van der Waals surface area contributed by atoms with Crippen molar-refractivity contribution >= 4 is 10.8 Å². The molecular weight excluding hydrogens is 262 g/mol. The normalized spacial score (nSPS) is 12.5. The summed E-state index contributed by atoms with van der Waals surface area (Å²) in [7, 11) is 0. The smallest absolute Gasteiger partial charge is 0.131 e. The summed E-state index contributed by atoms with van der Waals surface area (Å²) in [6, 6.07) is 12.8. The van der Waals surface area contributed by atoms with Crippen molar-refractivity contribution in [1.82, 2.24) is 5.32 Å². The predicted molar refractivity (Wildman–Crippen MR) is 87.9 cm³/mol. The lowest BCUT2D eigenvalue weighted by molar-refractivity contribution is 0.233. The Labute approximate surface area is 126 Å². The van der Waals surface area contributed by atoms with Crippen molar-refractivity contribution in [2.24, 2.45) is 0 Å². The zero-order valence-electron chi connectivity index (χ0n) is 12.9. The second-order valence-electron chi connectivity index (χ2n) is 5.31. The number of aliphatic hydroxyl groups excluding tert-OH is 1. The third-order valence-corrected chi connectivity index (χ3v) is 3.63. The Bertz CT molecular complexity index is 568. The molecule has 2 N–H and O–H groups in total. The summed E-state index contributed by atoms with van der Waals surface area (Å²) in [5.74, 6) is 0.942. The molecule has 0 aromatic heterocycles. The monoisotopic (exact) mass is 287 g/mol. The molecule has 21 heavy (non-hydrogen) atoms. The summed E-state index contributed by atoms with van der Waals surface area (Å²) in [4.78, 5) is 0. The predicted octanol–water partition coefficient (Wildman–Crippen LogP) is 3.66. The summed E-state index contributed by atoms with van der Waals surface area (Å²) >= 11 is 0. The van der Waals surface area contributed by atoms with Gasteiger partial charge in [-0.15, -0.1) is 0 Å². The molecule has 0 aliphatic carbocycles. The average Bonchev–Trinajstić information content (AvgIpc) is 2.52. The lowest BCUT2D eigenvalue weighted by Gasteiger charge is -2.20. The maximum atomic E-state index is 8.96. The minimum absolute atomic E-state index is 0.156. The zero-order chi connectivity index (χ0) is 15.1. The Hall–Kier alpha value is -1.58. The molecule has 1 atom stereocenters. The highest BCUT2D eigenvalue weighted by Gasteiger charge is 2.14. The highest BCUT2D eigenvalue weighted by Crippen LogP contribution is 2.33. The SMILES string of the molecule is CCCNC(C)c1ccc2ccccc2c1OCCCO. The van der Waals surface area contributed by atoms with Crippen molar-refractivity contribution in [3.63, 3.8) is 0 Å². The number of fused-ring (bicyclic) bond motifs is 1. The first kappa shape index (κ1) is 15.8. The van der Waals surface area contributed by atoms with Crippen LogP contribution in [0.3, 0.4) is 0 Å². The van der Waals surface area contributed by atoms with Gasteiger partial charge >= 0.3 is 0 Å². The highest BCUT2D eigenvalue weighted by molar-refractivity contribution is 5.89. The molecule has 2 rings (SSSR count). The van der Waals surface area contributed by atoms with Crippen LogP contribution in [-0.2, 0) is 0 Å². The van der Waals surface area contributed by atoms with E-state index in [1.807, 2.05) is 12.1 Å². The number of nitrogens with one attached hydrogen (secondary N) is 1. The van der Waals surface area contributed by atoms with E-state index in [0.29, 0.717) is 13.0 Å². The van der Waals surface area contributed by atoms with Crippen LogP contribution in [0.1, 0.15) is 38.3 Å². The number of benzene rings is 2. The van der Waals surface area contributed by atoms with Crippen molar-refractivity contribution in [2.75, 3.05) is 19.8 Å². The van der Waals surface area contributed by atoms with Crippen LogP contribution in [0.15, 0.2) is 36.4 Å². The largest absolute Gasteiger partial charge is 0.493 e. The number of ether oxygens (including phenoxy) is 1. The van der Waals surface area contributed by atoms with Gasteiger partial charge in [-0.1, -0.05) is 43.3 Å². The van der Waals surface area contributed by atoms with E-state index in [1.54, 1.807) is 0 Å². The third-order valence-electron chi connectivity index (χ3n) is 3.63. The van der Waals surface area contributed by atoms with Gasteiger partial charge in [-0.3, -0.25) is 0 Å². The quantitative estimate of drug-likeness (QED) is 0.728. The van der Waals surface area contributed by atoms with E-state index in [-0.39, 0.29) is 12.6 Å². The maximum absolute atomic E-state index is 8.96. The summed E-state index contributed by atoms with van der Waals surface area (Å²) in [6.45, 7) is 6.02. The van der Waals surface area contributed by atoms with E-state index in [9.17, 15) is 0 Å². The number of aliphatic hydroxyl groups is 1. The Kier molecular flexibility index (Phi) is 6.03. The van der Waals surface area contributed by atoms with Crippen LogP contribution >= 0.6 is 0 Å². The van der Waals surface area contributed by atoms with E-state index in [1.165, 1.54) is 10.9 Å². The first-order valence-electron chi connectivity index (χ1n) is 7.76. The first-order valence-corrected chi connectivity index (χ1v) is 7.76. The van der Waals surface area contributed by atoms with Gasteiger partial charge in [0.05, 0.1) is 6.61 Å². The second kappa shape index (κ2) is 8.01. The van der Waals surface area contributed by atoms with Crippen LogP contribution in [0.4, 0.5) is 0 Å². The Morgan fingerprint density at radius 2 is 2.00 bits per heavy atom. The molecule has 0 aliphatic rings.